The fourth-order valence-electron chi connectivity index (χ4n) is 3.38. The average Bonchev–Trinajstić information content (AvgIpc) is 3.19. The normalized spacial score (nSPS) is 12.0. The second-order valence-electron chi connectivity index (χ2n) is 7.01. The lowest BCUT2D eigenvalue weighted by atomic mass is 10.0. The molecule has 6 nitrogen and oxygen atoms in total. The number of nitrogens with two attached hydrogens (primary N) is 1. The van der Waals surface area contributed by atoms with Crippen LogP contribution in [0, 0.1) is 5.82 Å². The first-order valence-electron chi connectivity index (χ1n) is 9.83. The lowest BCUT2D eigenvalue weighted by Gasteiger charge is -2.16. The van der Waals surface area contributed by atoms with Crippen molar-refractivity contribution in [3.8, 4) is 22.5 Å². The lowest BCUT2D eigenvalue weighted by Crippen LogP contribution is -2.12. The molecule has 2 aromatic carbocycles. The molecule has 4 aromatic rings. The molecule has 1 atom stereocenters. The summed E-state index contributed by atoms with van der Waals surface area (Å²) < 4.78 is 15.2. The van der Waals surface area contributed by atoms with E-state index < -0.39 is 0 Å². The van der Waals surface area contributed by atoms with E-state index in [1.807, 2.05) is 30.3 Å². The number of hydrogen-bond donors (Lipinski definition) is 2. The maximum Gasteiger partial charge on any atom is 0.127 e. The number of rotatable bonds is 7. The van der Waals surface area contributed by atoms with Crippen LogP contribution in [0.3, 0.4) is 0 Å². The molecule has 0 spiro atoms. The molecule has 0 bridgehead atoms. The molecule has 4 rings (SSSR count). The van der Waals surface area contributed by atoms with Crippen molar-refractivity contribution in [2.24, 2.45) is 5.73 Å². The minimum Gasteiger partial charge on any atom is -0.364 e. The highest BCUT2D eigenvalue weighted by Gasteiger charge is 2.17. The summed E-state index contributed by atoms with van der Waals surface area (Å²) in [4.78, 5) is 4.47. The van der Waals surface area contributed by atoms with Crippen molar-refractivity contribution in [2.75, 3.05) is 11.9 Å². The fourth-order valence-corrected chi connectivity index (χ4v) is 3.38. The van der Waals surface area contributed by atoms with Gasteiger partial charge in [-0.1, -0.05) is 35.5 Å². The van der Waals surface area contributed by atoms with Gasteiger partial charge in [0.2, 0.25) is 0 Å². The Morgan fingerprint density at radius 2 is 1.80 bits per heavy atom. The molecule has 7 heteroatoms. The molecular formula is C23H23FN6. The topological polar surface area (TPSA) is 81.7 Å². The van der Waals surface area contributed by atoms with Crippen molar-refractivity contribution in [3.05, 3.63) is 84.3 Å². The quantitative estimate of drug-likeness (QED) is 0.482. The summed E-state index contributed by atoms with van der Waals surface area (Å²) in [6, 6.07) is 20.4. The van der Waals surface area contributed by atoms with E-state index in [-0.39, 0.29) is 11.9 Å². The van der Waals surface area contributed by atoms with E-state index in [1.165, 1.54) is 17.7 Å². The number of pyridine rings is 1. The Morgan fingerprint density at radius 3 is 2.53 bits per heavy atom. The Labute approximate surface area is 174 Å². The number of nitrogens with one attached hydrogen (secondary N) is 1. The van der Waals surface area contributed by atoms with Crippen molar-refractivity contribution in [2.45, 2.75) is 19.5 Å². The van der Waals surface area contributed by atoms with Crippen molar-refractivity contribution >= 4 is 5.82 Å². The zero-order chi connectivity index (χ0) is 20.9. The van der Waals surface area contributed by atoms with Gasteiger partial charge >= 0.3 is 0 Å². The second kappa shape index (κ2) is 8.84. The third-order valence-corrected chi connectivity index (χ3v) is 4.89. The van der Waals surface area contributed by atoms with Crippen molar-refractivity contribution in [1.29, 1.82) is 0 Å². The lowest BCUT2D eigenvalue weighted by molar-refractivity contribution is 0.604. The first-order chi connectivity index (χ1) is 14.7. The summed E-state index contributed by atoms with van der Waals surface area (Å²) in [5, 5.41) is 12.1. The van der Waals surface area contributed by atoms with Crippen LogP contribution in [0.15, 0.2) is 72.9 Å². The summed E-state index contributed by atoms with van der Waals surface area (Å²) in [6.07, 6.45) is 1.75. The number of anilines is 1. The summed E-state index contributed by atoms with van der Waals surface area (Å²) in [6.45, 7) is 3.04. The highest BCUT2D eigenvalue weighted by molar-refractivity contribution is 5.79. The Kier molecular flexibility index (Phi) is 5.81. The number of benzene rings is 2. The molecule has 0 aliphatic rings. The van der Waals surface area contributed by atoms with E-state index in [2.05, 4.69) is 39.7 Å². The highest BCUT2D eigenvalue weighted by atomic mass is 19.1. The molecule has 0 saturated heterocycles. The Balaban J connectivity index is 1.70. The maximum absolute atomic E-state index is 13.4. The fraction of sp³-hybridized carbons (Fsp3) is 0.174. The second-order valence-corrected chi connectivity index (χ2v) is 7.01. The molecule has 152 valence electrons. The van der Waals surface area contributed by atoms with Crippen LogP contribution in [0.5, 0.6) is 0 Å². The third-order valence-electron chi connectivity index (χ3n) is 4.89. The average molecular weight is 402 g/mol. The summed E-state index contributed by atoms with van der Waals surface area (Å²) in [7, 11) is 0. The van der Waals surface area contributed by atoms with E-state index in [4.69, 9.17) is 5.73 Å². The summed E-state index contributed by atoms with van der Waals surface area (Å²) in [5.74, 6) is 0.453. The Hall–Kier alpha value is -3.58. The Bertz CT molecular complexity index is 1110. The summed E-state index contributed by atoms with van der Waals surface area (Å²) >= 11 is 0. The molecule has 2 heterocycles. The summed E-state index contributed by atoms with van der Waals surface area (Å²) in [5.41, 5.74) is 10.1. The van der Waals surface area contributed by atoms with E-state index in [0.717, 1.165) is 22.6 Å². The van der Waals surface area contributed by atoms with Crippen LogP contribution < -0.4 is 11.1 Å². The van der Waals surface area contributed by atoms with Gasteiger partial charge in [-0.3, -0.25) is 0 Å². The van der Waals surface area contributed by atoms with Gasteiger partial charge in [0.05, 0.1) is 12.2 Å². The van der Waals surface area contributed by atoms with Crippen molar-refractivity contribution in [1.82, 2.24) is 20.0 Å². The van der Waals surface area contributed by atoms with Crippen molar-refractivity contribution in [3.63, 3.8) is 0 Å². The molecule has 0 aliphatic carbocycles. The van der Waals surface area contributed by atoms with Crippen LogP contribution in [0.1, 0.15) is 18.5 Å². The van der Waals surface area contributed by atoms with Gasteiger partial charge in [0.15, 0.2) is 0 Å². The molecule has 3 N–H and O–H groups in total. The highest BCUT2D eigenvalue weighted by Crippen LogP contribution is 2.31. The van der Waals surface area contributed by atoms with E-state index >= 15 is 0 Å². The minimum absolute atomic E-state index is 0.0950. The molecule has 0 saturated carbocycles. The molecule has 0 fully saturated rings. The monoisotopic (exact) mass is 402 g/mol. The predicted molar refractivity (Wildman–Crippen MR) is 116 cm³/mol. The van der Waals surface area contributed by atoms with E-state index in [1.54, 1.807) is 23.0 Å². The van der Waals surface area contributed by atoms with Gasteiger partial charge in [-0.05, 0) is 48.9 Å². The molecule has 0 unspecified atom stereocenters. The van der Waals surface area contributed by atoms with Crippen LogP contribution in [-0.4, -0.2) is 26.5 Å². The molecule has 0 amide bonds. The van der Waals surface area contributed by atoms with Crippen LogP contribution >= 0.6 is 0 Å². The smallest absolute Gasteiger partial charge is 0.127 e. The maximum atomic E-state index is 13.4. The number of nitrogens with zero attached hydrogens (tertiary/aromatic N) is 4. The van der Waals surface area contributed by atoms with Crippen molar-refractivity contribution < 1.29 is 4.39 Å². The molecule has 30 heavy (non-hydrogen) atoms. The predicted octanol–water partition coefficient (Wildman–Crippen LogP) is 4.28. The first kappa shape index (κ1) is 19.7. The third kappa shape index (κ3) is 4.21. The van der Waals surface area contributed by atoms with Gasteiger partial charge in [0, 0.05) is 29.9 Å². The van der Waals surface area contributed by atoms with Gasteiger partial charge < -0.3 is 11.1 Å². The molecular weight excluding hydrogens is 379 g/mol. The number of aromatic nitrogens is 4. The van der Waals surface area contributed by atoms with E-state index in [0.29, 0.717) is 18.8 Å². The Morgan fingerprint density at radius 1 is 1.03 bits per heavy atom. The molecule has 2 aromatic heterocycles. The van der Waals surface area contributed by atoms with Gasteiger partial charge in [-0.15, -0.1) is 5.10 Å². The zero-order valence-corrected chi connectivity index (χ0v) is 16.7. The van der Waals surface area contributed by atoms with Crippen LogP contribution in [-0.2, 0) is 6.54 Å². The molecule has 0 radical (unpaired) electrons. The van der Waals surface area contributed by atoms with Crippen LogP contribution in [0.4, 0.5) is 10.2 Å². The van der Waals surface area contributed by atoms with Crippen LogP contribution in [0.2, 0.25) is 0 Å². The van der Waals surface area contributed by atoms with Gasteiger partial charge in [0.25, 0.3) is 0 Å². The number of halogens is 1. The molecule has 0 aliphatic heterocycles. The zero-order valence-electron chi connectivity index (χ0n) is 16.7. The van der Waals surface area contributed by atoms with Gasteiger partial charge in [-0.2, -0.15) is 0 Å². The van der Waals surface area contributed by atoms with E-state index in [9.17, 15) is 4.39 Å². The SMILES string of the molecule is C[C@H](Nc1cc(-c2c(-c3ccc(F)cc3)nnn2CCN)ccn1)c1ccccc1. The minimum atomic E-state index is -0.292. The standard InChI is InChI=1S/C23H23FN6/c1-16(17-5-3-2-4-6-17)27-21-15-19(11-13-26-21)23-22(28-29-30(23)14-12-25)18-7-9-20(24)10-8-18/h2-11,13,15-16H,12,14,25H2,1H3,(H,26,27)/t16-/m0/s1. The largest absolute Gasteiger partial charge is 0.364 e. The van der Waals surface area contributed by atoms with Gasteiger partial charge in [-0.25, -0.2) is 14.1 Å². The van der Waals surface area contributed by atoms with Crippen LogP contribution in [0.25, 0.3) is 22.5 Å². The number of hydrogen-bond acceptors (Lipinski definition) is 5. The first-order valence-corrected chi connectivity index (χ1v) is 9.83. The van der Waals surface area contributed by atoms with Gasteiger partial charge in [0.1, 0.15) is 17.3 Å².